The second-order valence-corrected chi connectivity index (χ2v) is 5.26. The molecule has 2 rings (SSSR count). The minimum Gasteiger partial charge on any atom is -0.377 e. The van der Waals surface area contributed by atoms with Gasteiger partial charge in [0.25, 0.3) is 0 Å². The van der Waals surface area contributed by atoms with Gasteiger partial charge in [0.2, 0.25) is 0 Å². The molecule has 0 amide bonds. The molecular formula is C12H17N5OS. The summed E-state index contributed by atoms with van der Waals surface area (Å²) < 4.78 is 5.06. The van der Waals surface area contributed by atoms with E-state index in [1.165, 1.54) is 4.88 Å². The average molecular weight is 279 g/mol. The fourth-order valence-electron chi connectivity index (χ4n) is 1.57. The van der Waals surface area contributed by atoms with Crippen LogP contribution in [0.3, 0.4) is 0 Å². The van der Waals surface area contributed by atoms with E-state index >= 15 is 0 Å². The molecule has 2 aromatic heterocycles. The Hall–Kier alpha value is -1.73. The van der Waals surface area contributed by atoms with Crippen molar-refractivity contribution in [2.75, 3.05) is 24.8 Å². The lowest BCUT2D eigenvalue weighted by Crippen LogP contribution is -2.06. The van der Waals surface area contributed by atoms with Crippen LogP contribution >= 0.6 is 11.3 Å². The number of ether oxygens (including phenoxy) is 1. The van der Waals surface area contributed by atoms with Gasteiger partial charge in [0, 0.05) is 31.3 Å². The molecule has 0 bridgehead atoms. The Morgan fingerprint density at radius 3 is 2.74 bits per heavy atom. The molecule has 102 valence electrons. The highest BCUT2D eigenvalue weighted by Gasteiger charge is 2.04. The number of rotatable bonds is 6. The lowest BCUT2D eigenvalue weighted by Gasteiger charge is -2.08. The third kappa shape index (κ3) is 3.87. The normalized spacial score (nSPS) is 10.5. The van der Waals surface area contributed by atoms with Gasteiger partial charge in [-0.25, -0.2) is 15.0 Å². The molecule has 0 fully saturated rings. The van der Waals surface area contributed by atoms with E-state index < -0.39 is 0 Å². The van der Waals surface area contributed by atoms with Crippen LogP contribution in [-0.2, 0) is 17.9 Å². The van der Waals surface area contributed by atoms with Crippen LogP contribution in [0.4, 0.5) is 11.6 Å². The molecule has 0 aliphatic heterocycles. The molecule has 0 aliphatic rings. The predicted molar refractivity (Wildman–Crippen MR) is 76.5 cm³/mol. The van der Waals surface area contributed by atoms with Gasteiger partial charge in [0.15, 0.2) is 5.82 Å². The summed E-state index contributed by atoms with van der Waals surface area (Å²) in [5.74, 6) is 2.19. The maximum Gasteiger partial charge on any atom is 0.158 e. The van der Waals surface area contributed by atoms with Crippen LogP contribution in [0.25, 0.3) is 0 Å². The SMILES string of the molecule is CNc1cc(NCc2cnc(C)s2)nc(COC)n1. The molecule has 2 N–H and O–H groups in total. The topological polar surface area (TPSA) is 72.0 Å². The number of thiazole rings is 1. The van der Waals surface area contributed by atoms with E-state index in [-0.39, 0.29) is 0 Å². The smallest absolute Gasteiger partial charge is 0.158 e. The van der Waals surface area contributed by atoms with Gasteiger partial charge in [-0.05, 0) is 6.92 Å². The van der Waals surface area contributed by atoms with Gasteiger partial charge in [0.05, 0.1) is 11.6 Å². The van der Waals surface area contributed by atoms with E-state index in [0.29, 0.717) is 19.0 Å². The van der Waals surface area contributed by atoms with Crippen LogP contribution in [-0.4, -0.2) is 29.1 Å². The average Bonchev–Trinajstić information content (AvgIpc) is 2.82. The maximum absolute atomic E-state index is 5.06. The first-order valence-electron chi connectivity index (χ1n) is 5.91. The van der Waals surface area contributed by atoms with E-state index in [2.05, 4.69) is 25.6 Å². The fourth-order valence-corrected chi connectivity index (χ4v) is 2.31. The van der Waals surface area contributed by atoms with Gasteiger partial charge >= 0.3 is 0 Å². The van der Waals surface area contributed by atoms with Gasteiger partial charge < -0.3 is 15.4 Å². The van der Waals surface area contributed by atoms with Gasteiger partial charge in [-0.1, -0.05) is 0 Å². The zero-order chi connectivity index (χ0) is 13.7. The zero-order valence-electron chi connectivity index (χ0n) is 11.2. The number of hydrogen-bond acceptors (Lipinski definition) is 7. The second kappa shape index (κ2) is 6.44. The Labute approximate surface area is 116 Å². The van der Waals surface area contributed by atoms with Crippen molar-refractivity contribution < 1.29 is 4.74 Å². The van der Waals surface area contributed by atoms with Crippen LogP contribution in [0.5, 0.6) is 0 Å². The molecule has 0 atom stereocenters. The number of anilines is 2. The van der Waals surface area contributed by atoms with E-state index in [1.807, 2.05) is 26.2 Å². The number of nitrogens with zero attached hydrogens (tertiary/aromatic N) is 3. The summed E-state index contributed by atoms with van der Waals surface area (Å²) >= 11 is 1.67. The summed E-state index contributed by atoms with van der Waals surface area (Å²) in [5, 5.41) is 7.35. The highest BCUT2D eigenvalue weighted by Crippen LogP contribution is 2.15. The van der Waals surface area contributed by atoms with E-state index in [1.54, 1.807) is 18.4 Å². The maximum atomic E-state index is 5.06. The largest absolute Gasteiger partial charge is 0.377 e. The van der Waals surface area contributed by atoms with Crippen molar-refractivity contribution in [2.45, 2.75) is 20.1 Å². The standard InChI is InChI=1S/C12H17N5OS/c1-8-14-5-9(19-8)6-15-11-4-10(13-2)16-12(17-11)7-18-3/h4-5H,6-7H2,1-3H3,(H2,13,15,16,17). The van der Waals surface area contributed by atoms with Crippen molar-refractivity contribution in [3.63, 3.8) is 0 Å². The van der Waals surface area contributed by atoms with Crippen molar-refractivity contribution in [3.8, 4) is 0 Å². The van der Waals surface area contributed by atoms with Crippen molar-refractivity contribution in [1.82, 2.24) is 15.0 Å². The lowest BCUT2D eigenvalue weighted by molar-refractivity contribution is 0.178. The minimum absolute atomic E-state index is 0.393. The zero-order valence-corrected chi connectivity index (χ0v) is 12.0. The molecule has 2 heterocycles. The van der Waals surface area contributed by atoms with Crippen LogP contribution in [0.2, 0.25) is 0 Å². The van der Waals surface area contributed by atoms with Crippen molar-refractivity contribution in [3.05, 3.63) is 28.0 Å². The quantitative estimate of drug-likeness (QED) is 0.843. The van der Waals surface area contributed by atoms with E-state index in [9.17, 15) is 0 Å². The summed E-state index contributed by atoms with van der Waals surface area (Å²) in [6, 6.07) is 1.87. The number of nitrogens with one attached hydrogen (secondary N) is 2. The highest BCUT2D eigenvalue weighted by molar-refractivity contribution is 7.11. The fraction of sp³-hybridized carbons (Fsp3) is 0.417. The summed E-state index contributed by atoms with van der Waals surface area (Å²) in [4.78, 5) is 14.1. The van der Waals surface area contributed by atoms with Crippen LogP contribution in [0, 0.1) is 6.92 Å². The lowest BCUT2D eigenvalue weighted by atomic mass is 10.4. The molecule has 0 radical (unpaired) electrons. The first-order chi connectivity index (χ1) is 9.21. The second-order valence-electron chi connectivity index (χ2n) is 3.94. The van der Waals surface area contributed by atoms with Crippen LogP contribution in [0.15, 0.2) is 12.3 Å². The molecule has 0 saturated carbocycles. The predicted octanol–water partition coefficient (Wildman–Crippen LogP) is 2.04. The third-order valence-corrected chi connectivity index (χ3v) is 3.33. The van der Waals surface area contributed by atoms with Crippen molar-refractivity contribution in [1.29, 1.82) is 0 Å². The minimum atomic E-state index is 0.393. The van der Waals surface area contributed by atoms with Gasteiger partial charge in [-0.3, -0.25) is 0 Å². The molecule has 7 heteroatoms. The number of aromatic nitrogens is 3. The molecule has 0 spiro atoms. The molecule has 0 saturated heterocycles. The summed E-state index contributed by atoms with van der Waals surface area (Å²) in [6.45, 7) is 3.09. The summed E-state index contributed by atoms with van der Waals surface area (Å²) in [7, 11) is 3.46. The molecular weight excluding hydrogens is 262 g/mol. The molecule has 0 aliphatic carbocycles. The monoisotopic (exact) mass is 279 g/mol. The summed E-state index contributed by atoms with van der Waals surface area (Å²) in [5.41, 5.74) is 0. The van der Waals surface area contributed by atoms with Crippen molar-refractivity contribution >= 4 is 23.0 Å². The van der Waals surface area contributed by atoms with E-state index in [0.717, 1.165) is 16.6 Å². The third-order valence-electron chi connectivity index (χ3n) is 2.41. The molecule has 0 unspecified atom stereocenters. The molecule has 6 nitrogen and oxygen atoms in total. The van der Waals surface area contributed by atoms with Crippen LogP contribution in [0.1, 0.15) is 15.7 Å². The Kier molecular flexibility index (Phi) is 4.64. The Balaban J connectivity index is 2.08. The number of hydrogen-bond donors (Lipinski definition) is 2. The molecule has 19 heavy (non-hydrogen) atoms. The Morgan fingerprint density at radius 1 is 1.32 bits per heavy atom. The first-order valence-corrected chi connectivity index (χ1v) is 6.72. The molecule has 0 aromatic carbocycles. The van der Waals surface area contributed by atoms with Crippen molar-refractivity contribution in [2.24, 2.45) is 0 Å². The first kappa shape index (κ1) is 13.7. The van der Waals surface area contributed by atoms with Gasteiger partial charge in [0.1, 0.15) is 18.2 Å². The summed E-state index contributed by atoms with van der Waals surface area (Å²) in [6.07, 6.45) is 1.88. The molecule has 2 aromatic rings. The van der Waals surface area contributed by atoms with Gasteiger partial charge in [-0.2, -0.15) is 0 Å². The van der Waals surface area contributed by atoms with E-state index in [4.69, 9.17) is 4.74 Å². The van der Waals surface area contributed by atoms with Crippen LogP contribution < -0.4 is 10.6 Å². The highest BCUT2D eigenvalue weighted by atomic mass is 32.1. The Bertz CT molecular complexity index is 543. The number of aryl methyl sites for hydroxylation is 1. The van der Waals surface area contributed by atoms with Gasteiger partial charge in [-0.15, -0.1) is 11.3 Å². The Morgan fingerprint density at radius 2 is 2.11 bits per heavy atom. The number of methoxy groups -OCH3 is 1.